The molecule has 0 aromatic carbocycles. The number of hydrogen-bond acceptors (Lipinski definition) is 3. The Labute approximate surface area is 117 Å². The fourth-order valence-corrected chi connectivity index (χ4v) is 2.79. The second-order valence-electron chi connectivity index (χ2n) is 5.51. The predicted octanol–water partition coefficient (Wildman–Crippen LogP) is 0.950. The SMILES string of the molecule is CN(CC1(O)CCCC1)C(=O)c1cccn1CC(=O)O. The molecule has 1 aromatic heterocycles. The Morgan fingerprint density at radius 2 is 2.05 bits per heavy atom. The zero-order valence-corrected chi connectivity index (χ0v) is 11.6. The van der Waals surface area contributed by atoms with Crippen LogP contribution in [0.2, 0.25) is 0 Å². The van der Waals surface area contributed by atoms with Crippen molar-refractivity contribution >= 4 is 11.9 Å². The van der Waals surface area contributed by atoms with Crippen LogP contribution in [0.4, 0.5) is 0 Å². The fraction of sp³-hybridized carbons (Fsp3) is 0.571. The lowest BCUT2D eigenvalue weighted by Crippen LogP contribution is -2.42. The standard InChI is InChI=1S/C14H20N2O4/c1-15(10-14(20)6-2-3-7-14)13(19)11-5-4-8-16(11)9-12(17)18/h4-5,8,20H,2-3,6-7,9-10H2,1H3,(H,17,18). The Hall–Kier alpha value is -1.82. The van der Waals surface area contributed by atoms with Crippen molar-refractivity contribution in [2.24, 2.45) is 0 Å². The van der Waals surface area contributed by atoms with Gasteiger partial charge in [0.25, 0.3) is 5.91 Å². The summed E-state index contributed by atoms with van der Waals surface area (Å²) in [5, 5.41) is 19.1. The van der Waals surface area contributed by atoms with Crippen molar-refractivity contribution in [1.29, 1.82) is 0 Å². The van der Waals surface area contributed by atoms with Crippen LogP contribution in [0.1, 0.15) is 36.2 Å². The fourth-order valence-electron chi connectivity index (χ4n) is 2.79. The number of rotatable bonds is 5. The number of aliphatic carboxylic acids is 1. The molecule has 0 aliphatic heterocycles. The third kappa shape index (κ3) is 3.19. The molecule has 2 N–H and O–H groups in total. The lowest BCUT2D eigenvalue weighted by atomic mass is 10.0. The number of carboxylic acids is 1. The zero-order valence-electron chi connectivity index (χ0n) is 11.6. The Morgan fingerprint density at radius 3 is 2.65 bits per heavy atom. The van der Waals surface area contributed by atoms with Crippen LogP contribution < -0.4 is 0 Å². The molecular weight excluding hydrogens is 260 g/mol. The number of carbonyl (C=O) groups excluding carboxylic acids is 1. The summed E-state index contributed by atoms with van der Waals surface area (Å²) in [5.41, 5.74) is -0.467. The van der Waals surface area contributed by atoms with Gasteiger partial charge in [-0.05, 0) is 25.0 Å². The topological polar surface area (TPSA) is 82.8 Å². The van der Waals surface area contributed by atoms with Crippen molar-refractivity contribution in [3.05, 3.63) is 24.0 Å². The van der Waals surface area contributed by atoms with E-state index in [0.29, 0.717) is 18.5 Å². The van der Waals surface area contributed by atoms with Gasteiger partial charge in [0.15, 0.2) is 0 Å². The first kappa shape index (κ1) is 14.6. The molecule has 0 spiro atoms. The number of carboxylic acid groups (broad SMARTS) is 1. The van der Waals surface area contributed by atoms with Crippen molar-refractivity contribution in [1.82, 2.24) is 9.47 Å². The highest BCUT2D eigenvalue weighted by molar-refractivity contribution is 5.93. The first-order chi connectivity index (χ1) is 9.41. The van der Waals surface area contributed by atoms with Crippen LogP contribution in [0.25, 0.3) is 0 Å². The van der Waals surface area contributed by atoms with Crippen molar-refractivity contribution in [3.63, 3.8) is 0 Å². The highest BCUT2D eigenvalue weighted by Gasteiger charge is 2.34. The number of hydrogen-bond donors (Lipinski definition) is 2. The Morgan fingerprint density at radius 1 is 1.40 bits per heavy atom. The summed E-state index contributed by atoms with van der Waals surface area (Å²) in [4.78, 5) is 24.6. The van der Waals surface area contributed by atoms with Crippen molar-refractivity contribution < 1.29 is 19.8 Å². The number of amides is 1. The summed E-state index contributed by atoms with van der Waals surface area (Å²) < 4.78 is 1.40. The van der Waals surface area contributed by atoms with E-state index in [1.54, 1.807) is 25.4 Å². The van der Waals surface area contributed by atoms with Crippen molar-refractivity contribution in [2.75, 3.05) is 13.6 Å². The minimum atomic E-state index is -0.993. The van der Waals surface area contributed by atoms with E-state index in [1.165, 1.54) is 9.47 Å². The van der Waals surface area contributed by atoms with Gasteiger partial charge in [-0.2, -0.15) is 0 Å². The van der Waals surface area contributed by atoms with Crippen LogP contribution in [0.5, 0.6) is 0 Å². The van der Waals surface area contributed by atoms with E-state index in [0.717, 1.165) is 12.8 Å². The average Bonchev–Trinajstić information content (AvgIpc) is 2.97. The van der Waals surface area contributed by atoms with Gasteiger partial charge < -0.3 is 19.7 Å². The molecule has 0 saturated heterocycles. The van der Waals surface area contributed by atoms with Crippen LogP contribution in [-0.4, -0.2) is 50.8 Å². The van der Waals surface area contributed by atoms with Crippen molar-refractivity contribution in [3.8, 4) is 0 Å². The summed E-state index contributed by atoms with van der Waals surface area (Å²) in [6.45, 7) is 0.0380. The molecule has 6 heteroatoms. The Kier molecular flexibility index (Phi) is 4.13. The molecule has 1 fully saturated rings. The second-order valence-corrected chi connectivity index (χ2v) is 5.51. The Balaban J connectivity index is 2.06. The molecule has 0 unspecified atom stereocenters. The van der Waals surface area contributed by atoms with E-state index in [9.17, 15) is 14.7 Å². The van der Waals surface area contributed by atoms with Gasteiger partial charge in [0.2, 0.25) is 0 Å². The molecule has 0 atom stereocenters. The van der Waals surface area contributed by atoms with Crippen LogP contribution in [0.15, 0.2) is 18.3 Å². The summed E-state index contributed by atoms with van der Waals surface area (Å²) in [6, 6.07) is 3.24. The molecule has 1 aliphatic carbocycles. The molecule has 110 valence electrons. The predicted molar refractivity (Wildman–Crippen MR) is 72.4 cm³/mol. The molecule has 20 heavy (non-hydrogen) atoms. The van der Waals surface area contributed by atoms with Crippen molar-refractivity contribution in [2.45, 2.75) is 37.8 Å². The van der Waals surface area contributed by atoms with Gasteiger partial charge in [-0.3, -0.25) is 9.59 Å². The van der Waals surface area contributed by atoms with E-state index in [-0.39, 0.29) is 19.0 Å². The van der Waals surface area contributed by atoms with E-state index in [2.05, 4.69) is 0 Å². The maximum Gasteiger partial charge on any atom is 0.323 e. The minimum absolute atomic E-state index is 0.244. The van der Waals surface area contributed by atoms with Crippen LogP contribution in [-0.2, 0) is 11.3 Å². The summed E-state index contributed by atoms with van der Waals surface area (Å²) in [6.07, 6.45) is 4.95. The van der Waals surface area contributed by atoms with Crippen LogP contribution in [0.3, 0.4) is 0 Å². The first-order valence-electron chi connectivity index (χ1n) is 6.76. The van der Waals surface area contributed by atoms with Crippen LogP contribution in [0, 0.1) is 0 Å². The third-order valence-corrected chi connectivity index (χ3v) is 3.77. The van der Waals surface area contributed by atoms with E-state index >= 15 is 0 Å². The van der Waals surface area contributed by atoms with Gasteiger partial charge in [-0.25, -0.2) is 0 Å². The maximum atomic E-state index is 12.3. The number of aliphatic hydroxyl groups is 1. The third-order valence-electron chi connectivity index (χ3n) is 3.77. The summed E-state index contributed by atoms with van der Waals surface area (Å²) in [5.74, 6) is -1.26. The van der Waals surface area contributed by atoms with E-state index in [4.69, 9.17) is 5.11 Å². The molecule has 1 aliphatic rings. The molecule has 1 aromatic rings. The van der Waals surface area contributed by atoms with Gasteiger partial charge in [0, 0.05) is 19.8 Å². The Bertz CT molecular complexity index is 503. The summed E-state index contributed by atoms with van der Waals surface area (Å²) >= 11 is 0. The second kappa shape index (κ2) is 5.66. The molecular formula is C14H20N2O4. The van der Waals surface area contributed by atoms with Gasteiger partial charge >= 0.3 is 5.97 Å². The average molecular weight is 280 g/mol. The molecule has 2 rings (SSSR count). The normalized spacial score (nSPS) is 17.1. The number of nitrogens with zero attached hydrogens (tertiary/aromatic N) is 2. The monoisotopic (exact) mass is 280 g/mol. The van der Waals surface area contributed by atoms with E-state index in [1.807, 2.05) is 0 Å². The largest absolute Gasteiger partial charge is 0.480 e. The minimum Gasteiger partial charge on any atom is -0.480 e. The quantitative estimate of drug-likeness (QED) is 0.841. The van der Waals surface area contributed by atoms with Gasteiger partial charge in [0.05, 0.1) is 5.60 Å². The molecule has 6 nitrogen and oxygen atoms in total. The lowest BCUT2D eigenvalue weighted by Gasteiger charge is -2.28. The maximum absolute atomic E-state index is 12.3. The zero-order chi connectivity index (χ0) is 14.8. The van der Waals surface area contributed by atoms with Crippen LogP contribution >= 0.6 is 0 Å². The van der Waals surface area contributed by atoms with Gasteiger partial charge in [-0.1, -0.05) is 12.8 Å². The number of aromatic nitrogens is 1. The molecule has 1 heterocycles. The first-order valence-corrected chi connectivity index (χ1v) is 6.76. The molecule has 1 amide bonds. The van der Waals surface area contributed by atoms with Gasteiger partial charge in [-0.15, -0.1) is 0 Å². The smallest absolute Gasteiger partial charge is 0.323 e. The number of carbonyl (C=O) groups is 2. The number of likely N-dealkylation sites (N-methyl/N-ethyl adjacent to an activating group) is 1. The van der Waals surface area contributed by atoms with E-state index < -0.39 is 11.6 Å². The summed E-state index contributed by atoms with van der Waals surface area (Å²) in [7, 11) is 1.64. The molecule has 1 saturated carbocycles. The molecule has 0 bridgehead atoms. The highest BCUT2D eigenvalue weighted by Crippen LogP contribution is 2.30. The highest BCUT2D eigenvalue weighted by atomic mass is 16.4. The van der Waals surface area contributed by atoms with Gasteiger partial charge in [0.1, 0.15) is 12.2 Å². The lowest BCUT2D eigenvalue weighted by molar-refractivity contribution is -0.137. The molecule has 0 radical (unpaired) electrons.